The van der Waals surface area contributed by atoms with Crippen LogP contribution in [0.1, 0.15) is 31.0 Å². The van der Waals surface area contributed by atoms with Gasteiger partial charge in [0.05, 0.1) is 11.6 Å². The standard InChI is InChI=1S/C19H18F3NOS/c1-12(2)23-16(13-8-10-14(11-9-13)19(20,21)22)17(18(23)24)25-15-6-4-3-5-7-15/h3-12,16-17H,1-2H3/t16-,17-/m0/s1. The number of hydrogen-bond donors (Lipinski definition) is 0. The minimum absolute atomic E-state index is 0.00702. The lowest BCUT2D eigenvalue weighted by Crippen LogP contribution is -2.59. The number of nitrogens with zero attached hydrogens (tertiary/aromatic N) is 1. The van der Waals surface area contributed by atoms with Crippen LogP contribution in [-0.2, 0) is 11.0 Å². The predicted octanol–water partition coefficient (Wildman–Crippen LogP) is 5.16. The van der Waals surface area contributed by atoms with Crippen molar-refractivity contribution in [2.75, 3.05) is 0 Å². The second kappa shape index (κ2) is 6.75. The highest BCUT2D eigenvalue weighted by Gasteiger charge is 2.49. The summed E-state index contributed by atoms with van der Waals surface area (Å²) in [4.78, 5) is 15.3. The molecular formula is C19H18F3NOS. The molecule has 6 heteroatoms. The van der Waals surface area contributed by atoms with Crippen molar-refractivity contribution >= 4 is 17.7 Å². The minimum Gasteiger partial charge on any atom is -0.331 e. The van der Waals surface area contributed by atoms with Crippen LogP contribution in [0.25, 0.3) is 0 Å². The Labute approximate surface area is 149 Å². The summed E-state index contributed by atoms with van der Waals surface area (Å²) in [6, 6.07) is 14.5. The van der Waals surface area contributed by atoms with E-state index in [0.717, 1.165) is 22.6 Å². The van der Waals surface area contributed by atoms with E-state index in [4.69, 9.17) is 0 Å². The molecule has 2 nitrogen and oxygen atoms in total. The highest BCUT2D eigenvalue weighted by atomic mass is 32.2. The molecule has 0 aromatic heterocycles. The van der Waals surface area contributed by atoms with E-state index in [0.29, 0.717) is 0 Å². The Morgan fingerprint density at radius 1 is 1.00 bits per heavy atom. The van der Waals surface area contributed by atoms with Crippen molar-refractivity contribution in [2.45, 2.75) is 42.3 Å². The van der Waals surface area contributed by atoms with Crippen molar-refractivity contribution in [3.8, 4) is 0 Å². The van der Waals surface area contributed by atoms with Gasteiger partial charge in [0.25, 0.3) is 0 Å². The molecule has 1 saturated heterocycles. The molecule has 25 heavy (non-hydrogen) atoms. The van der Waals surface area contributed by atoms with E-state index in [1.54, 1.807) is 4.90 Å². The van der Waals surface area contributed by atoms with E-state index >= 15 is 0 Å². The van der Waals surface area contributed by atoms with Gasteiger partial charge in [-0.05, 0) is 43.7 Å². The summed E-state index contributed by atoms with van der Waals surface area (Å²) in [7, 11) is 0. The van der Waals surface area contributed by atoms with Gasteiger partial charge in [0.15, 0.2) is 0 Å². The first-order chi connectivity index (χ1) is 11.8. The summed E-state index contributed by atoms with van der Waals surface area (Å²) in [5.74, 6) is 0.0220. The summed E-state index contributed by atoms with van der Waals surface area (Å²) < 4.78 is 38.3. The molecule has 2 aromatic carbocycles. The molecule has 0 aliphatic carbocycles. The Morgan fingerprint density at radius 2 is 1.60 bits per heavy atom. The van der Waals surface area contributed by atoms with Crippen molar-refractivity contribution < 1.29 is 18.0 Å². The largest absolute Gasteiger partial charge is 0.416 e. The van der Waals surface area contributed by atoms with Crippen molar-refractivity contribution in [2.24, 2.45) is 0 Å². The van der Waals surface area contributed by atoms with Crippen LogP contribution in [0, 0.1) is 0 Å². The molecule has 0 radical (unpaired) electrons. The van der Waals surface area contributed by atoms with Gasteiger partial charge < -0.3 is 4.90 Å². The Bertz CT molecular complexity index is 744. The fourth-order valence-electron chi connectivity index (χ4n) is 3.02. The second-order valence-corrected chi connectivity index (χ2v) is 7.47. The predicted molar refractivity (Wildman–Crippen MR) is 92.3 cm³/mol. The van der Waals surface area contributed by atoms with Gasteiger partial charge >= 0.3 is 6.18 Å². The van der Waals surface area contributed by atoms with Gasteiger partial charge in [0.1, 0.15) is 5.25 Å². The lowest BCUT2D eigenvalue weighted by molar-refractivity contribution is -0.148. The fourth-order valence-corrected chi connectivity index (χ4v) is 4.27. The molecule has 3 rings (SSSR count). The van der Waals surface area contributed by atoms with E-state index in [1.165, 1.54) is 23.9 Å². The first-order valence-corrected chi connectivity index (χ1v) is 8.88. The molecule has 0 N–H and O–H groups in total. The van der Waals surface area contributed by atoms with Crippen LogP contribution < -0.4 is 0 Å². The summed E-state index contributed by atoms with van der Waals surface area (Å²) in [6.45, 7) is 3.83. The van der Waals surface area contributed by atoms with Crippen LogP contribution in [0.5, 0.6) is 0 Å². The number of likely N-dealkylation sites (tertiary alicyclic amines) is 1. The highest BCUT2D eigenvalue weighted by Crippen LogP contribution is 2.46. The maximum absolute atomic E-state index is 12.8. The number of benzene rings is 2. The molecule has 2 atom stereocenters. The second-order valence-electron chi connectivity index (χ2n) is 6.26. The molecule has 2 aromatic rings. The first-order valence-electron chi connectivity index (χ1n) is 8.00. The monoisotopic (exact) mass is 365 g/mol. The zero-order valence-corrected chi connectivity index (χ0v) is 14.6. The molecular weight excluding hydrogens is 347 g/mol. The molecule has 1 heterocycles. The minimum atomic E-state index is -4.36. The van der Waals surface area contributed by atoms with Gasteiger partial charge in [0.2, 0.25) is 5.91 Å². The molecule has 1 fully saturated rings. The lowest BCUT2D eigenvalue weighted by atomic mass is 9.91. The number of halogens is 3. The van der Waals surface area contributed by atoms with Crippen LogP contribution in [0.3, 0.4) is 0 Å². The van der Waals surface area contributed by atoms with E-state index in [2.05, 4.69) is 0 Å². The summed E-state index contributed by atoms with van der Waals surface area (Å²) in [5, 5.41) is -0.318. The molecule has 0 saturated carbocycles. The van der Waals surface area contributed by atoms with Gasteiger partial charge in [0, 0.05) is 10.9 Å². The van der Waals surface area contributed by atoms with Gasteiger partial charge in [-0.2, -0.15) is 13.2 Å². The van der Waals surface area contributed by atoms with Gasteiger partial charge in [-0.1, -0.05) is 30.3 Å². The molecule has 1 amide bonds. The average Bonchev–Trinajstić information content (AvgIpc) is 2.57. The molecule has 1 aliphatic heterocycles. The summed E-state index contributed by atoms with van der Waals surface area (Å²) >= 11 is 1.46. The molecule has 0 bridgehead atoms. The Morgan fingerprint density at radius 3 is 2.12 bits per heavy atom. The van der Waals surface area contributed by atoms with Gasteiger partial charge in [-0.25, -0.2) is 0 Å². The van der Waals surface area contributed by atoms with E-state index in [1.807, 2.05) is 44.2 Å². The molecule has 0 unspecified atom stereocenters. The van der Waals surface area contributed by atoms with E-state index in [9.17, 15) is 18.0 Å². The van der Waals surface area contributed by atoms with Crippen LogP contribution in [0.2, 0.25) is 0 Å². The Balaban J connectivity index is 1.88. The Kier molecular flexibility index (Phi) is 4.82. The van der Waals surface area contributed by atoms with Crippen molar-refractivity contribution in [3.05, 3.63) is 65.7 Å². The number of rotatable bonds is 4. The number of carbonyl (C=O) groups excluding carboxylic acids is 1. The number of carbonyl (C=O) groups is 1. The normalized spacial score (nSPS) is 20.7. The molecule has 0 spiro atoms. The highest BCUT2D eigenvalue weighted by molar-refractivity contribution is 8.00. The number of hydrogen-bond acceptors (Lipinski definition) is 2. The third kappa shape index (κ3) is 3.54. The number of thioether (sulfide) groups is 1. The zero-order valence-electron chi connectivity index (χ0n) is 13.8. The van der Waals surface area contributed by atoms with Gasteiger partial charge in [-0.15, -0.1) is 11.8 Å². The molecule has 1 aliphatic rings. The fraction of sp³-hybridized carbons (Fsp3) is 0.316. The first kappa shape index (κ1) is 17.9. The van der Waals surface area contributed by atoms with Crippen LogP contribution in [0.4, 0.5) is 13.2 Å². The third-order valence-electron chi connectivity index (χ3n) is 4.23. The average molecular weight is 365 g/mol. The smallest absolute Gasteiger partial charge is 0.331 e. The maximum Gasteiger partial charge on any atom is 0.416 e. The van der Waals surface area contributed by atoms with Crippen LogP contribution in [0.15, 0.2) is 59.5 Å². The third-order valence-corrected chi connectivity index (χ3v) is 5.48. The van der Waals surface area contributed by atoms with Crippen LogP contribution >= 0.6 is 11.8 Å². The maximum atomic E-state index is 12.8. The quantitative estimate of drug-likeness (QED) is 0.698. The van der Waals surface area contributed by atoms with Crippen molar-refractivity contribution in [1.82, 2.24) is 4.90 Å². The number of alkyl halides is 3. The molecule has 132 valence electrons. The van der Waals surface area contributed by atoms with Gasteiger partial charge in [-0.3, -0.25) is 4.79 Å². The van der Waals surface area contributed by atoms with Crippen molar-refractivity contribution in [3.63, 3.8) is 0 Å². The zero-order chi connectivity index (χ0) is 18.2. The summed E-state index contributed by atoms with van der Waals surface area (Å²) in [6.07, 6.45) is -4.36. The number of β-lactam (4-membered cyclic amide) rings is 1. The van der Waals surface area contributed by atoms with Crippen LogP contribution in [-0.4, -0.2) is 22.1 Å². The lowest BCUT2D eigenvalue weighted by Gasteiger charge is -2.49. The van der Waals surface area contributed by atoms with Crippen molar-refractivity contribution in [1.29, 1.82) is 0 Å². The Hall–Kier alpha value is -1.95. The summed E-state index contributed by atoms with van der Waals surface area (Å²) in [5.41, 5.74) is 0.0555. The van der Waals surface area contributed by atoms with E-state index < -0.39 is 11.7 Å². The SMILES string of the molecule is CC(C)N1C(=O)[C@@H](Sc2ccccc2)[C@@H]1c1ccc(C(F)(F)F)cc1. The topological polar surface area (TPSA) is 20.3 Å². The number of amides is 1. The van der Waals surface area contributed by atoms with E-state index in [-0.39, 0.29) is 23.2 Å².